The monoisotopic (exact) mass is 297 g/mol. The highest BCUT2D eigenvalue weighted by atomic mass is 16.5. The zero-order valence-corrected chi connectivity index (χ0v) is 12.4. The maximum atomic E-state index is 12.5. The first-order valence-electron chi connectivity index (χ1n) is 7.44. The summed E-state index contributed by atoms with van der Waals surface area (Å²) in [6.45, 7) is 2.31. The van der Waals surface area contributed by atoms with Crippen LogP contribution in [0.4, 0.5) is 4.79 Å². The Kier molecular flexibility index (Phi) is 5.03. The van der Waals surface area contributed by atoms with Crippen LogP contribution in [0.1, 0.15) is 25.7 Å². The Balaban J connectivity index is 1.80. The van der Waals surface area contributed by atoms with Gasteiger partial charge in [0.1, 0.15) is 0 Å². The molecular formula is C14H23N3O4. The Bertz CT molecular complexity index is 410. The zero-order chi connectivity index (χ0) is 15.4. The predicted molar refractivity (Wildman–Crippen MR) is 75.2 cm³/mol. The van der Waals surface area contributed by atoms with Crippen molar-refractivity contribution in [1.29, 1.82) is 0 Å². The molecule has 0 spiro atoms. The first kappa shape index (κ1) is 15.6. The number of carbonyl (C=O) groups is 3. The quantitative estimate of drug-likeness (QED) is 0.787. The molecule has 0 aromatic heterocycles. The number of amides is 3. The average molecular weight is 297 g/mol. The number of rotatable bonds is 2. The van der Waals surface area contributed by atoms with E-state index in [1.165, 1.54) is 7.11 Å². The predicted octanol–water partition coefficient (Wildman–Crippen LogP) is 0.189. The molecule has 0 unspecified atom stereocenters. The fourth-order valence-electron chi connectivity index (χ4n) is 3.08. The highest BCUT2D eigenvalue weighted by molar-refractivity contribution is 5.80. The van der Waals surface area contributed by atoms with Crippen LogP contribution in [-0.4, -0.2) is 61.0 Å². The molecular weight excluding hydrogens is 274 g/mol. The normalized spacial score (nSPS) is 21.2. The van der Waals surface area contributed by atoms with Crippen molar-refractivity contribution < 1.29 is 19.1 Å². The Morgan fingerprint density at radius 3 is 1.86 bits per heavy atom. The lowest BCUT2D eigenvalue weighted by Crippen LogP contribution is -2.47. The molecule has 0 radical (unpaired) electrons. The molecule has 2 saturated heterocycles. The van der Waals surface area contributed by atoms with Gasteiger partial charge >= 0.3 is 6.09 Å². The summed E-state index contributed by atoms with van der Waals surface area (Å²) in [7, 11) is 1.36. The third-order valence-electron chi connectivity index (χ3n) is 4.49. The van der Waals surface area contributed by atoms with Crippen LogP contribution >= 0.6 is 0 Å². The molecule has 118 valence electrons. The topological polar surface area (TPSA) is 92.9 Å². The maximum absolute atomic E-state index is 12.5. The highest BCUT2D eigenvalue weighted by Crippen LogP contribution is 2.24. The fraction of sp³-hybridized carbons (Fsp3) is 0.786. The molecule has 0 atom stereocenters. The van der Waals surface area contributed by atoms with E-state index in [1.807, 2.05) is 4.90 Å². The summed E-state index contributed by atoms with van der Waals surface area (Å²) in [5.74, 6) is -0.262. The van der Waals surface area contributed by atoms with Crippen molar-refractivity contribution in [3.63, 3.8) is 0 Å². The number of piperidine rings is 2. The van der Waals surface area contributed by atoms with Crippen molar-refractivity contribution >= 4 is 17.9 Å². The minimum Gasteiger partial charge on any atom is -0.453 e. The van der Waals surface area contributed by atoms with Crippen LogP contribution in [-0.2, 0) is 14.3 Å². The first-order chi connectivity index (χ1) is 10.0. The van der Waals surface area contributed by atoms with E-state index in [2.05, 4.69) is 4.74 Å². The van der Waals surface area contributed by atoms with Gasteiger partial charge in [0.25, 0.3) is 0 Å². The number of primary amides is 1. The van der Waals surface area contributed by atoms with Gasteiger partial charge in [-0.3, -0.25) is 9.59 Å². The van der Waals surface area contributed by atoms with E-state index in [4.69, 9.17) is 5.73 Å². The van der Waals surface area contributed by atoms with Gasteiger partial charge in [0.2, 0.25) is 11.8 Å². The van der Waals surface area contributed by atoms with Gasteiger partial charge in [-0.1, -0.05) is 0 Å². The standard InChI is InChI=1S/C14H23N3O4/c1-21-14(20)17-8-4-11(5-9-17)13(19)16-6-2-10(3-7-16)12(15)18/h10-11H,2-9H2,1H3,(H2,15,18). The van der Waals surface area contributed by atoms with Gasteiger partial charge < -0.3 is 20.3 Å². The van der Waals surface area contributed by atoms with Crippen LogP contribution < -0.4 is 5.73 Å². The van der Waals surface area contributed by atoms with Crippen LogP contribution in [0.2, 0.25) is 0 Å². The van der Waals surface area contributed by atoms with Crippen molar-refractivity contribution in [2.75, 3.05) is 33.3 Å². The number of nitrogens with two attached hydrogens (primary N) is 1. The largest absolute Gasteiger partial charge is 0.453 e. The van der Waals surface area contributed by atoms with Gasteiger partial charge in [-0.15, -0.1) is 0 Å². The van der Waals surface area contributed by atoms with E-state index in [-0.39, 0.29) is 29.7 Å². The number of methoxy groups -OCH3 is 1. The summed E-state index contributed by atoms with van der Waals surface area (Å²) in [5, 5.41) is 0. The van der Waals surface area contributed by atoms with Gasteiger partial charge in [-0.05, 0) is 25.7 Å². The second kappa shape index (κ2) is 6.78. The molecule has 0 aromatic rings. The summed E-state index contributed by atoms with van der Waals surface area (Å²) in [6, 6.07) is 0. The summed E-state index contributed by atoms with van der Waals surface area (Å²) < 4.78 is 4.68. The Morgan fingerprint density at radius 1 is 0.905 bits per heavy atom. The van der Waals surface area contributed by atoms with Crippen LogP contribution in [0.5, 0.6) is 0 Å². The van der Waals surface area contributed by atoms with Crippen molar-refractivity contribution in [1.82, 2.24) is 9.80 Å². The molecule has 2 rings (SSSR count). The lowest BCUT2D eigenvalue weighted by molar-refractivity contribution is -0.139. The minimum atomic E-state index is -0.330. The van der Waals surface area contributed by atoms with E-state index in [1.54, 1.807) is 4.90 Å². The van der Waals surface area contributed by atoms with Crippen LogP contribution in [0.25, 0.3) is 0 Å². The van der Waals surface area contributed by atoms with Crippen LogP contribution in [0.3, 0.4) is 0 Å². The molecule has 21 heavy (non-hydrogen) atoms. The molecule has 0 bridgehead atoms. The molecule has 2 heterocycles. The molecule has 3 amide bonds. The molecule has 0 saturated carbocycles. The van der Waals surface area contributed by atoms with Crippen molar-refractivity contribution in [3.05, 3.63) is 0 Å². The Labute approximate surface area is 124 Å². The fourth-order valence-corrected chi connectivity index (χ4v) is 3.08. The number of carbonyl (C=O) groups excluding carboxylic acids is 3. The molecule has 2 N–H and O–H groups in total. The molecule has 2 aliphatic rings. The molecule has 2 fully saturated rings. The number of hydrogen-bond acceptors (Lipinski definition) is 4. The third kappa shape index (κ3) is 3.65. The smallest absolute Gasteiger partial charge is 0.409 e. The lowest BCUT2D eigenvalue weighted by Gasteiger charge is -2.36. The van der Waals surface area contributed by atoms with E-state index >= 15 is 0 Å². The van der Waals surface area contributed by atoms with Crippen LogP contribution in [0.15, 0.2) is 0 Å². The minimum absolute atomic E-state index is 0.0314. The zero-order valence-electron chi connectivity index (χ0n) is 12.4. The molecule has 0 aliphatic carbocycles. The SMILES string of the molecule is COC(=O)N1CCC(C(=O)N2CCC(C(N)=O)CC2)CC1. The Hall–Kier alpha value is -1.79. The number of hydrogen-bond donors (Lipinski definition) is 1. The summed E-state index contributed by atoms with van der Waals surface area (Å²) >= 11 is 0. The van der Waals surface area contributed by atoms with E-state index in [0.717, 1.165) is 0 Å². The molecule has 0 aromatic carbocycles. The first-order valence-corrected chi connectivity index (χ1v) is 7.44. The molecule has 2 aliphatic heterocycles. The van der Waals surface area contributed by atoms with Gasteiger partial charge in [0.15, 0.2) is 0 Å². The summed E-state index contributed by atoms with van der Waals surface area (Å²) in [4.78, 5) is 38.5. The Morgan fingerprint density at radius 2 is 1.38 bits per heavy atom. The van der Waals surface area contributed by atoms with E-state index < -0.39 is 0 Å². The van der Waals surface area contributed by atoms with Crippen molar-refractivity contribution in [2.24, 2.45) is 17.6 Å². The van der Waals surface area contributed by atoms with E-state index in [9.17, 15) is 14.4 Å². The van der Waals surface area contributed by atoms with Crippen molar-refractivity contribution in [2.45, 2.75) is 25.7 Å². The van der Waals surface area contributed by atoms with E-state index in [0.29, 0.717) is 51.9 Å². The number of nitrogens with zero attached hydrogens (tertiary/aromatic N) is 2. The summed E-state index contributed by atoms with van der Waals surface area (Å²) in [6.07, 6.45) is 2.32. The average Bonchev–Trinajstić information content (AvgIpc) is 2.53. The third-order valence-corrected chi connectivity index (χ3v) is 4.49. The van der Waals surface area contributed by atoms with Gasteiger partial charge in [-0.2, -0.15) is 0 Å². The van der Waals surface area contributed by atoms with Gasteiger partial charge in [0, 0.05) is 38.0 Å². The van der Waals surface area contributed by atoms with Gasteiger partial charge in [-0.25, -0.2) is 4.79 Å². The molecule has 7 heteroatoms. The lowest BCUT2D eigenvalue weighted by atomic mass is 9.92. The second-order valence-electron chi connectivity index (χ2n) is 5.73. The summed E-state index contributed by atoms with van der Waals surface area (Å²) in [5.41, 5.74) is 5.30. The highest BCUT2D eigenvalue weighted by Gasteiger charge is 2.33. The second-order valence-corrected chi connectivity index (χ2v) is 5.73. The number of ether oxygens (including phenoxy) is 1. The van der Waals surface area contributed by atoms with Crippen LogP contribution in [0, 0.1) is 11.8 Å². The van der Waals surface area contributed by atoms with Crippen molar-refractivity contribution in [3.8, 4) is 0 Å². The number of likely N-dealkylation sites (tertiary alicyclic amines) is 2. The molecule has 7 nitrogen and oxygen atoms in total. The van der Waals surface area contributed by atoms with Gasteiger partial charge in [0.05, 0.1) is 7.11 Å². The maximum Gasteiger partial charge on any atom is 0.409 e.